The average molecular weight is 610 g/mol. The molecular formula is C27H37N4O10P. The van der Waals surface area contributed by atoms with Crippen molar-refractivity contribution in [2.75, 3.05) is 33.0 Å². The first-order chi connectivity index (χ1) is 20.6. The van der Waals surface area contributed by atoms with Crippen LogP contribution in [0.1, 0.15) is 51.1 Å². The first-order valence-electron chi connectivity index (χ1n) is 14.1. The number of nitro benzene ring substituents is 1. The summed E-state index contributed by atoms with van der Waals surface area (Å²) in [4.78, 5) is 60.8. The molecule has 1 aliphatic rings. The first-order valence-corrected chi connectivity index (χ1v) is 15.1. The van der Waals surface area contributed by atoms with E-state index < -0.39 is 54.8 Å². The summed E-state index contributed by atoms with van der Waals surface area (Å²) in [5, 5.41) is 14.9. The lowest BCUT2D eigenvalue weighted by Crippen LogP contribution is -2.36. The summed E-state index contributed by atoms with van der Waals surface area (Å²) < 4.78 is 31.4. The summed E-state index contributed by atoms with van der Waals surface area (Å²) in [7, 11) is -1.01. The third-order valence-corrected chi connectivity index (χ3v) is 8.22. The lowest BCUT2D eigenvalue weighted by Gasteiger charge is -2.25. The van der Waals surface area contributed by atoms with Crippen LogP contribution < -0.4 is 16.3 Å². The number of aryl methyl sites for hydroxylation is 1. The molecule has 1 fully saturated rings. The van der Waals surface area contributed by atoms with Crippen molar-refractivity contribution in [3.8, 4) is 0 Å². The van der Waals surface area contributed by atoms with Crippen LogP contribution in [-0.2, 0) is 23.5 Å². The number of aromatic nitrogens is 2. The number of ether oxygens (including phenoxy) is 3. The van der Waals surface area contributed by atoms with E-state index in [-0.39, 0.29) is 38.3 Å². The summed E-state index contributed by atoms with van der Waals surface area (Å²) in [5.74, 6) is -1.49. The number of nitrogens with zero attached hydrogens (tertiary/aromatic N) is 2. The van der Waals surface area contributed by atoms with E-state index in [0.717, 1.165) is 6.29 Å². The fraction of sp³-hybridized carbons (Fsp3) is 0.556. The van der Waals surface area contributed by atoms with Crippen molar-refractivity contribution in [2.24, 2.45) is 11.8 Å². The van der Waals surface area contributed by atoms with Gasteiger partial charge in [-0.3, -0.25) is 29.5 Å². The normalized spacial score (nSPS) is 20.7. The molecule has 6 unspecified atom stereocenters. The molecule has 3 rings (SSSR count). The lowest BCUT2D eigenvalue weighted by atomic mass is 9.84. The maximum Gasteiger partial charge on any atom is 0.510 e. The molecule has 15 heteroatoms. The van der Waals surface area contributed by atoms with Crippen molar-refractivity contribution in [1.29, 1.82) is 0 Å². The van der Waals surface area contributed by atoms with Crippen molar-refractivity contribution >= 4 is 26.4 Å². The Morgan fingerprint density at radius 1 is 1.40 bits per heavy atom. The van der Waals surface area contributed by atoms with Gasteiger partial charge in [-0.25, -0.2) is 9.59 Å². The van der Waals surface area contributed by atoms with Crippen LogP contribution in [0.2, 0.25) is 0 Å². The van der Waals surface area contributed by atoms with Gasteiger partial charge in [0.15, 0.2) is 0 Å². The minimum absolute atomic E-state index is 0.0208. The van der Waals surface area contributed by atoms with Gasteiger partial charge in [-0.1, -0.05) is 32.0 Å². The Morgan fingerprint density at radius 2 is 2.17 bits per heavy atom. The molecule has 0 spiro atoms. The summed E-state index contributed by atoms with van der Waals surface area (Å²) in [6.45, 7) is 5.58. The van der Waals surface area contributed by atoms with Crippen molar-refractivity contribution < 1.29 is 34.6 Å². The van der Waals surface area contributed by atoms with E-state index in [9.17, 15) is 29.3 Å². The highest BCUT2D eigenvalue weighted by molar-refractivity contribution is 7.49. The first kappa shape index (κ1) is 31.5. The van der Waals surface area contributed by atoms with Crippen LogP contribution in [0.5, 0.6) is 0 Å². The number of carbonyl (C=O) groups excluding carboxylic acids is 2. The number of nitro groups is 1. The van der Waals surface area contributed by atoms with Gasteiger partial charge >= 0.3 is 11.8 Å². The van der Waals surface area contributed by atoms with E-state index >= 15 is 0 Å². The van der Waals surface area contributed by atoms with Gasteiger partial charge in [-0.05, 0) is 31.8 Å². The largest absolute Gasteiger partial charge is 0.510 e. The van der Waals surface area contributed by atoms with Gasteiger partial charge in [0.05, 0.1) is 39.1 Å². The van der Waals surface area contributed by atoms with Gasteiger partial charge in [-0.2, -0.15) is 0 Å². The third kappa shape index (κ3) is 8.78. The highest BCUT2D eigenvalue weighted by Gasteiger charge is 2.39. The number of H-pyrrole nitrogens is 1. The number of benzene rings is 1. The second-order valence-corrected chi connectivity index (χ2v) is 11.5. The Labute approximate surface area is 245 Å². The SMILES string of the molecule is [2H]CC1C(OC(=O)OCC(C)C(CCOP(C)NCCC=O)c2ccccc2[N+](=O)[O-])OCC1n1cc(C)c(=O)[nH]c1=O. The van der Waals surface area contributed by atoms with E-state index in [1.54, 1.807) is 32.0 Å². The molecule has 1 aromatic carbocycles. The number of hydrogen-bond acceptors (Lipinski definition) is 11. The zero-order valence-corrected chi connectivity index (χ0v) is 24.6. The third-order valence-electron chi connectivity index (χ3n) is 6.98. The van der Waals surface area contributed by atoms with Crippen molar-refractivity contribution in [3.05, 3.63) is 72.5 Å². The second kappa shape index (κ2) is 15.7. The highest BCUT2D eigenvalue weighted by atomic mass is 31.2. The molecule has 2 heterocycles. The Kier molecular flexibility index (Phi) is 11.8. The molecule has 42 heavy (non-hydrogen) atoms. The monoisotopic (exact) mass is 609 g/mol. The minimum Gasteiger partial charge on any atom is -0.434 e. The molecule has 1 aromatic heterocycles. The van der Waals surface area contributed by atoms with E-state index in [1.165, 1.54) is 16.8 Å². The van der Waals surface area contributed by atoms with E-state index in [4.69, 9.17) is 20.1 Å². The molecule has 2 aromatic rings. The molecule has 0 aliphatic carbocycles. The van der Waals surface area contributed by atoms with Gasteiger partial charge in [0.2, 0.25) is 6.29 Å². The molecule has 0 saturated carbocycles. The number of aromatic amines is 1. The Balaban J connectivity index is 1.64. The maximum absolute atomic E-state index is 12.7. The predicted octanol–water partition coefficient (Wildman–Crippen LogP) is 3.39. The van der Waals surface area contributed by atoms with Gasteiger partial charge in [0.1, 0.15) is 6.29 Å². The molecule has 6 atom stereocenters. The molecule has 1 saturated heterocycles. The number of para-hydroxylation sites is 1. The van der Waals surface area contributed by atoms with Crippen LogP contribution in [0.4, 0.5) is 10.5 Å². The fourth-order valence-corrected chi connectivity index (χ4v) is 5.58. The number of hydrogen-bond donors (Lipinski definition) is 2. The van der Waals surface area contributed by atoms with Gasteiger partial charge < -0.3 is 23.5 Å². The van der Waals surface area contributed by atoms with Crippen molar-refractivity contribution in [3.63, 3.8) is 0 Å². The zero-order valence-electron chi connectivity index (χ0n) is 24.7. The maximum atomic E-state index is 12.7. The van der Waals surface area contributed by atoms with Crippen LogP contribution in [0.25, 0.3) is 0 Å². The molecule has 230 valence electrons. The van der Waals surface area contributed by atoms with Gasteiger partial charge in [-0.15, -0.1) is 0 Å². The minimum atomic E-state index is -1.15. The van der Waals surface area contributed by atoms with E-state index in [1.807, 2.05) is 6.66 Å². The van der Waals surface area contributed by atoms with Crippen LogP contribution in [0.3, 0.4) is 0 Å². The predicted molar refractivity (Wildman–Crippen MR) is 154 cm³/mol. The Hall–Kier alpha value is -3.45. The topological polar surface area (TPSA) is 181 Å². The summed E-state index contributed by atoms with van der Waals surface area (Å²) in [6, 6.07) is 5.73. The van der Waals surface area contributed by atoms with Crippen LogP contribution in [0.15, 0.2) is 40.1 Å². The van der Waals surface area contributed by atoms with E-state index in [2.05, 4.69) is 10.1 Å². The number of rotatable bonds is 15. The molecule has 2 N–H and O–H groups in total. The summed E-state index contributed by atoms with van der Waals surface area (Å²) >= 11 is 0. The molecule has 0 bridgehead atoms. The highest BCUT2D eigenvalue weighted by Crippen LogP contribution is 2.37. The van der Waals surface area contributed by atoms with Gasteiger partial charge in [0, 0.05) is 43.6 Å². The Morgan fingerprint density at radius 3 is 2.88 bits per heavy atom. The molecule has 0 amide bonds. The number of aldehydes is 1. The van der Waals surface area contributed by atoms with Crippen LogP contribution in [-0.4, -0.2) is 66.2 Å². The quantitative estimate of drug-likeness (QED) is 0.0754. The average Bonchev–Trinajstić information content (AvgIpc) is 3.38. The molecule has 0 radical (unpaired) electrons. The Bertz CT molecular complexity index is 1370. The summed E-state index contributed by atoms with van der Waals surface area (Å²) in [6.07, 6.45) is 0.755. The standard InChI is InChI=1S/C27H37N4O10P/c1-17-14-30(26(34)29-24(17)33)23-16-38-25(19(23)3)41-27(35)39-15-18(2)20(10-13-40-42(4)28-11-7-12-32)21-8-5-6-9-22(21)31(36)37/h5-6,8-9,12,14,18-20,23,25,28H,7,10-11,13,15-16H2,1-4H3,(H,29,33,34)/i3D. The number of nitrogens with one attached hydrogen (secondary N) is 2. The van der Waals surface area contributed by atoms with Crippen molar-refractivity contribution in [2.45, 2.75) is 51.8 Å². The molecular weight excluding hydrogens is 571 g/mol. The fourth-order valence-electron chi connectivity index (χ4n) is 4.66. The smallest absolute Gasteiger partial charge is 0.434 e. The molecule has 1 aliphatic heterocycles. The van der Waals surface area contributed by atoms with Crippen molar-refractivity contribution in [1.82, 2.24) is 14.6 Å². The zero-order chi connectivity index (χ0) is 31.5. The van der Waals surface area contributed by atoms with E-state index in [0.29, 0.717) is 30.5 Å². The second-order valence-electron chi connectivity index (χ2n) is 9.97. The van der Waals surface area contributed by atoms with Gasteiger partial charge in [0.25, 0.3) is 11.2 Å². The van der Waals surface area contributed by atoms with Crippen LogP contribution in [0, 0.1) is 28.9 Å². The molecule has 14 nitrogen and oxygen atoms in total. The lowest BCUT2D eigenvalue weighted by molar-refractivity contribution is -0.385. The van der Waals surface area contributed by atoms with Crippen LogP contribution >= 0.6 is 8.30 Å². The number of carbonyl (C=O) groups is 2. The summed E-state index contributed by atoms with van der Waals surface area (Å²) in [5.41, 5.74) is -0.434.